The quantitative estimate of drug-likeness (QED) is 0.804. The Morgan fingerprint density at radius 1 is 1.21 bits per heavy atom. The third kappa shape index (κ3) is 3.45. The molecule has 5 heteroatoms. The van der Waals surface area contributed by atoms with Gasteiger partial charge in [-0.05, 0) is 24.3 Å². The van der Waals surface area contributed by atoms with Crippen LogP contribution in [0.15, 0.2) is 24.3 Å². The highest BCUT2D eigenvalue weighted by atomic mass is 16.5. The molecule has 1 aliphatic rings. The number of piperazine rings is 1. The molecule has 1 fully saturated rings. The van der Waals surface area contributed by atoms with Gasteiger partial charge < -0.3 is 15.4 Å². The first-order chi connectivity index (χ1) is 9.24. The van der Waals surface area contributed by atoms with Crippen LogP contribution in [0.5, 0.6) is 0 Å². The standard InChI is InChI=1S/C14H21N3O2/c1-19-14(18)12-2-4-13(5-3-12)17-10-8-16(7-6-15)9-11-17/h2-5H,6-11,15H2,1H3. The molecule has 1 aliphatic heterocycles. The van der Waals surface area contributed by atoms with Gasteiger partial charge in [-0.2, -0.15) is 0 Å². The smallest absolute Gasteiger partial charge is 0.337 e. The second-order valence-corrected chi connectivity index (χ2v) is 4.66. The molecule has 2 rings (SSSR count). The van der Waals surface area contributed by atoms with E-state index in [1.807, 2.05) is 24.3 Å². The molecule has 1 aromatic rings. The van der Waals surface area contributed by atoms with Gasteiger partial charge in [-0.25, -0.2) is 4.79 Å². The Kier molecular flexibility index (Phi) is 4.76. The zero-order chi connectivity index (χ0) is 13.7. The first-order valence-corrected chi connectivity index (χ1v) is 6.60. The summed E-state index contributed by atoms with van der Waals surface area (Å²) in [6.45, 7) is 5.75. The van der Waals surface area contributed by atoms with E-state index >= 15 is 0 Å². The number of carbonyl (C=O) groups excluding carboxylic acids is 1. The zero-order valence-corrected chi connectivity index (χ0v) is 11.3. The number of benzene rings is 1. The van der Waals surface area contributed by atoms with Crippen molar-refractivity contribution in [3.63, 3.8) is 0 Å². The number of hydrogen-bond donors (Lipinski definition) is 1. The van der Waals surface area contributed by atoms with E-state index in [4.69, 9.17) is 10.5 Å². The Hall–Kier alpha value is -1.59. The third-order valence-corrected chi connectivity index (χ3v) is 3.47. The van der Waals surface area contributed by atoms with Crippen molar-refractivity contribution in [3.8, 4) is 0 Å². The first kappa shape index (κ1) is 13.8. The van der Waals surface area contributed by atoms with Gasteiger partial charge in [0, 0.05) is 45.0 Å². The molecule has 0 bridgehead atoms. The summed E-state index contributed by atoms with van der Waals surface area (Å²) in [5.74, 6) is -0.292. The lowest BCUT2D eigenvalue weighted by molar-refractivity contribution is 0.0601. The molecule has 1 aromatic carbocycles. The molecule has 0 atom stereocenters. The van der Waals surface area contributed by atoms with Crippen molar-refractivity contribution >= 4 is 11.7 Å². The Morgan fingerprint density at radius 2 is 1.84 bits per heavy atom. The van der Waals surface area contributed by atoms with Crippen LogP contribution in [0.3, 0.4) is 0 Å². The van der Waals surface area contributed by atoms with Gasteiger partial charge in [0.2, 0.25) is 0 Å². The van der Waals surface area contributed by atoms with Crippen LogP contribution in [0.25, 0.3) is 0 Å². The fraction of sp³-hybridized carbons (Fsp3) is 0.500. The van der Waals surface area contributed by atoms with Crippen LogP contribution >= 0.6 is 0 Å². The molecule has 5 nitrogen and oxygen atoms in total. The van der Waals surface area contributed by atoms with Crippen LogP contribution in [-0.2, 0) is 4.74 Å². The summed E-state index contributed by atoms with van der Waals surface area (Å²) >= 11 is 0. The number of rotatable bonds is 4. The minimum Gasteiger partial charge on any atom is -0.465 e. The summed E-state index contributed by atoms with van der Waals surface area (Å²) in [5.41, 5.74) is 7.31. The maximum atomic E-state index is 11.4. The number of nitrogens with zero attached hydrogens (tertiary/aromatic N) is 2. The van der Waals surface area contributed by atoms with Gasteiger partial charge in [-0.3, -0.25) is 4.90 Å². The van der Waals surface area contributed by atoms with Crippen molar-refractivity contribution in [1.29, 1.82) is 0 Å². The molecule has 0 unspecified atom stereocenters. The van der Waals surface area contributed by atoms with Gasteiger partial charge in [0.15, 0.2) is 0 Å². The molecule has 1 saturated heterocycles. The molecule has 0 aromatic heterocycles. The fourth-order valence-electron chi connectivity index (χ4n) is 2.34. The average Bonchev–Trinajstić information content (AvgIpc) is 2.48. The van der Waals surface area contributed by atoms with Crippen molar-refractivity contribution in [3.05, 3.63) is 29.8 Å². The number of carbonyl (C=O) groups is 1. The molecule has 19 heavy (non-hydrogen) atoms. The molecule has 1 heterocycles. The molecular weight excluding hydrogens is 242 g/mol. The number of esters is 1. The maximum Gasteiger partial charge on any atom is 0.337 e. The van der Waals surface area contributed by atoms with Crippen molar-refractivity contribution in [2.75, 3.05) is 51.3 Å². The van der Waals surface area contributed by atoms with E-state index < -0.39 is 0 Å². The number of ether oxygens (including phenoxy) is 1. The molecule has 2 N–H and O–H groups in total. The van der Waals surface area contributed by atoms with E-state index in [-0.39, 0.29) is 5.97 Å². The van der Waals surface area contributed by atoms with E-state index in [1.54, 1.807) is 0 Å². The lowest BCUT2D eigenvalue weighted by atomic mass is 10.2. The van der Waals surface area contributed by atoms with E-state index in [0.29, 0.717) is 12.1 Å². The number of anilines is 1. The summed E-state index contributed by atoms with van der Waals surface area (Å²) in [4.78, 5) is 16.1. The lowest BCUT2D eigenvalue weighted by Crippen LogP contribution is -2.47. The maximum absolute atomic E-state index is 11.4. The molecule has 0 amide bonds. The molecule has 0 aliphatic carbocycles. The van der Waals surface area contributed by atoms with Crippen LogP contribution in [-0.4, -0.2) is 57.2 Å². The van der Waals surface area contributed by atoms with Crippen LogP contribution < -0.4 is 10.6 Å². The third-order valence-electron chi connectivity index (χ3n) is 3.47. The second kappa shape index (κ2) is 6.54. The summed E-state index contributed by atoms with van der Waals surface area (Å²) in [6.07, 6.45) is 0. The van der Waals surface area contributed by atoms with Gasteiger partial charge >= 0.3 is 5.97 Å². The fourth-order valence-corrected chi connectivity index (χ4v) is 2.34. The topological polar surface area (TPSA) is 58.8 Å². The Balaban J connectivity index is 1.94. The largest absolute Gasteiger partial charge is 0.465 e. The van der Waals surface area contributed by atoms with Crippen LogP contribution in [0.1, 0.15) is 10.4 Å². The van der Waals surface area contributed by atoms with Gasteiger partial charge in [-0.15, -0.1) is 0 Å². The summed E-state index contributed by atoms with van der Waals surface area (Å²) < 4.78 is 4.69. The lowest BCUT2D eigenvalue weighted by Gasteiger charge is -2.35. The van der Waals surface area contributed by atoms with Crippen LogP contribution in [0, 0.1) is 0 Å². The molecule has 0 spiro atoms. The number of nitrogens with two attached hydrogens (primary N) is 1. The minimum atomic E-state index is -0.292. The molecule has 0 radical (unpaired) electrons. The zero-order valence-electron chi connectivity index (χ0n) is 11.3. The molecular formula is C14H21N3O2. The minimum absolute atomic E-state index is 0.292. The molecule has 104 valence electrons. The highest BCUT2D eigenvalue weighted by molar-refractivity contribution is 5.89. The number of hydrogen-bond acceptors (Lipinski definition) is 5. The van der Waals surface area contributed by atoms with Crippen molar-refractivity contribution in [2.45, 2.75) is 0 Å². The second-order valence-electron chi connectivity index (χ2n) is 4.66. The summed E-state index contributed by atoms with van der Waals surface area (Å²) in [5, 5.41) is 0. The SMILES string of the molecule is COC(=O)c1ccc(N2CCN(CCN)CC2)cc1. The van der Waals surface area contributed by atoms with Gasteiger partial charge in [0.05, 0.1) is 12.7 Å². The summed E-state index contributed by atoms with van der Waals surface area (Å²) in [6, 6.07) is 7.58. The van der Waals surface area contributed by atoms with Crippen molar-refractivity contribution < 1.29 is 9.53 Å². The van der Waals surface area contributed by atoms with Crippen molar-refractivity contribution in [1.82, 2.24) is 4.90 Å². The van der Waals surface area contributed by atoms with Gasteiger partial charge in [0.25, 0.3) is 0 Å². The van der Waals surface area contributed by atoms with E-state index in [9.17, 15) is 4.79 Å². The number of methoxy groups -OCH3 is 1. The predicted octanol–water partition coefficient (Wildman–Crippen LogP) is 0.554. The van der Waals surface area contributed by atoms with E-state index in [0.717, 1.165) is 38.4 Å². The first-order valence-electron chi connectivity index (χ1n) is 6.60. The van der Waals surface area contributed by atoms with Crippen LogP contribution in [0.2, 0.25) is 0 Å². The average molecular weight is 263 g/mol. The monoisotopic (exact) mass is 263 g/mol. The Labute approximate surface area is 113 Å². The highest BCUT2D eigenvalue weighted by Gasteiger charge is 2.16. The summed E-state index contributed by atoms with van der Waals surface area (Å²) in [7, 11) is 1.40. The normalized spacial score (nSPS) is 16.4. The Morgan fingerprint density at radius 3 is 2.37 bits per heavy atom. The predicted molar refractivity (Wildman–Crippen MR) is 75.5 cm³/mol. The van der Waals surface area contributed by atoms with E-state index in [2.05, 4.69) is 9.80 Å². The van der Waals surface area contributed by atoms with E-state index in [1.165, 1.54) is 7.11 Å². The van der Waals surface area contributed by atoms with Crippen molar-refractivity contribution in [2.24, 2.45) is 5.73 Å². The van der Waals surface area contributed by atoms with Crippen LogP contribution in [0.4, 0.5) is 5.69 Å². The molecule has 0 saturated carbocycles. The van der Waals surface area contributed by atoms with Gasteiger partial charge in [-0.1, -0.05) is 0 Å². The Bertz CT molecular complexity index is 411. The van der Waals surface area contributed by atoms with Gasteiger partial charge in [0.1, 0.15) is 0 Å². The highest BCUT2D eigenvalue weighted by Crippen LogP contribution is 2.17.